The molecule has 0 amide bonds. The lowest BCUT2D eigenvalue weighted by molar-refractivity contribution is 0.730. The van der Waals surface area contributed by atoms with Crippen molar-refractivity contribution in [2.75, 3.05) is 5.75 Å². The van der Waals surface area contributed by atoms with Crippen LogP contribution in [0.2, 0.25) is 0 Å². The average Bonchev–Trinajstić information content (AvgIpc) is 2.02. The summed E-state index contributed by atoms with van der Waals surface area (Å²) < 4.78 is 1.15. The van der Waals surface area contributed by atoms with Crippen LogP contribution in [0.5, 0.6) is 0 Å². The number of thioether (sulfide) groups is 1. The van der Waals surface area contributed by atoms with Crippen molar-refractivity contribution < 1.29 is 0 Å². The molecule has 3 N–H and O–H groups in total. The molecule has 1 unspecified atom stereocenters. The quantitative estimate of drug-likeness (QED) is 0.593. The first-order valence-corrected chi connectivity index (χ1v) is 5.91. The molecule has 0 bridgehead atoms. The van der Waals surface area contributed by atoms with Crippen molar-refractivity contribution in [3.05, 3.63) is 22.2 Å². The molecule has 13 heavy (non-hydrogen) atoms. The zero-order valence-corrected chi connectivity index (χ0v) is 9.91. The first-order valence-electron chi connectivity index (χ1n) is 4.13. The van der Waals surface area contributed by atoms with Crippen LogP contribution in [-0.4, -0.2) is 10.9 Å². The van der Waals surface area contributed by atoms with Gasteiger partial charge in [0, 0.05) is 10.2 Å². The largest absolute Gasteiger partial charge is 0.379 e. The van der Waals surface area contributed by atoms with Gasteiger partial charge in [-0.3, -0.25) is 5.41 Å². The lowest BCUT2D eigenvalue weighted by Gasteiger charge is -2.14. The highest BCUT2D eigenvalue weighted by Crippen LogP contribution is 2.29. The fraction of sp³-hybridized carbons (Fsp3) is 0.444. The molecule has 1 rings (SSSR count). The first kappa shape index (κ1) is 10.9. The molecule has 0 radical (unpaired) electrons. The molecule has 1 aliphatic rings. The van der Waals surface area contributed by atoms with E-state index in [4.69, 9.17) is 11.1 Å². The number of nitrogens with two attached hydrogens (primary N) is 1. The van der Waals surface area contributed by atoms with Crippen molar-refractivity contribution in [2.24, 2.45) is 11.7 Å². The highest BCUT2D eigenvalue weighted by molar-refractivity contribution is 9.12. The van der Waals surface area contributed by atoms with Crippen LogP contribution >= 0.6 is 27.7 Å². The lowest BCUT2D eigenvalue weighted by atomic mass is 9.99. The monoisotopic (exact) mass is 260 g/mol. The van der Waals surface area contributed by atoms with Gasteiger partial charge in [-0.15, -0.1) is 0 Å². The molecule has 72 valence electrons. The highest BCUT2D eigenvalue weighted by Gasteiger charge is 2.10. The minimum Gasteiger partial charge on any atom is -0.379 e. The van der Waals surface area contributed by atoms with Crippen LogP contribution in [0.15, 0.2) is 22.2 Å². The zero-order chi connectivity index (χ0) is 9.84. The van der Waals surface area contributed by atoms with E-state index >= 15 is 0 Å². The van der Waals surface area contributed by atoms with Gasteiger partial charge in [-0.2, -0.15) is 0 Å². The Morgan fingerprint density at radius 1 is 1.85 bits per heavy atom. The Bertz CT molecular complexity index is 271. The third-order valence-electron chi connectivity index (χ3n) is 1.86. The van der Waals surface area contributed by atoms with Crippen molar-refractivity contribution in [2.45, 2.75) is 13.3 Å². The Morgan fingerprint density at radius 3 is 3.08 bits per heavy atom. The van der Waals surface area contributed by atoms with Gasteiger partial charge < -0.3 is 5.73 Å². The zero-order valence-electron chi connectivity index (χ0n) is 7.51. The third kappa shape index (κ3) is 3.56. The number of rotatable bonds is 2. The van der Waals surface area contributed by atoms with E-state index in [1.54, 1.807) is 0 Å². The molecule has 0 aliphatic heterocycles. The van der Waals surface area contributed by atoms with Crippen LogP contribution in [-0.2, 0) is 0 Å². The van der Waals surface area contributed by atoms with Gasteiger partial charge in [0.25, 0.3) is 0 Å². The fourth-order valence-electron chi connectivity index (χ4n) is 1.13. The molecule has 0 aromatic heterocycles. The smallest absolute Gasteiger partial charge is 0.151 e. The Morgan fingerprint density at radius 2 is 2.54 bits per heavy atom. The number of allylic oxidation sites excluding steroid dienone is 3. The number of halogens is 1. The van der Waals surface area contributed by atoms with Crippen molar-refractivity contribution in [3.8, 4) is 0 Å². The fourth-order valence-corrected chi connectivity index (χ4v) is 2.66. The van der Waals surface area contributed by atoms with E-state index in [-0.39, 0.29) is 5.17 Å². The predicted octanol–water partition coefficient (Wildman–Crippen LogP) is 2.86. The second-order valence-corrected chi connectivity index (χ2v) is 4.98. The van der Waals surface area contributed by atoms with Gasteiger partial charge in [-0.1, -0.05) is 46.8 Å². The van der Waals surface area contributed by atoms with Crippen LogP contribution in [0.3, 0.4) is 0 Å². The van der Waals surface area contributed by atoms with E-state index in [1.807, 2.05) is 0 Å². The van der Waals surface area contributed by atoms with Gasteiger partial charge in [0.1, 0.15) is 0 Å². The molecule has 4 heteroatoms. The SMILES string of the molecule is CC1C=C(Br)C(CSC(=N)N)=CC1. The second kappa shape index (κ2) is 4.86. The van der Waals surface area contributed by atoms with Crippen molar-refractivity contribution in [1.82, 2.24) is 0 Å². The van der Waals surface area contributed by atoms with Crippen LogP contribution in [0.4, 0.5) is 0 Å². The molecule has 0 spiro atoms. The average molecular weight is 261 g/mol. The summed E-state index contributed by atoms with van der Waals surface area (Å²) in [4.78, 5) is 0. The summed E-state index contributed by atoms with van der Waals surface area (Å²) >= 11 is 4.88. The van der Waals surface area contributed by atoms with Gasteiger partial charge in [0.15, 0.2) is 5.17 Å². The van der Waals surface area contributed by atoms with Crippen molar-refractivity contribution in [3.63, 3.8) is 0 Å². The van der Waals surface area contributed by atoms with E-state index in [2.05, 4.69) is 35.0 Å². The normalized spacial score (nSPS) is 22.2. The maximum Gasteiger partial charge on any atom is 0.151 e. The number of amidine groups is 1. The molecule has 0 aromatic rings. The number of nitrogens with one attached hydrogen (secondary N) is 1. The molecular formula is C9H13BrN2S. The van der Waals surface area contributed by atoms with Crippen molar-refractivity contribution >= 4 is 32.9 Å². The minimum atomic E-state index is 0.180. The molecule has 1 atom stereocenters. The third-order valence-corrected chi connectivity index (χ3v) is 3.40. The lowest BCUT2D eigenvalue weighted by Crippen LogP contribution is -2.07. The molecule has 2 nitrogen and oxygen atoms in total. The summed E-state index contributed by atoms with van der Waals surface area (Å²) in [5, 5.41) is 7.28. The van der Waals surface area contributed by atoms with Crippen LogP contribution in [0.1, 0.15) is 13.3 Å². The number of hydrogen-bond acceptors (Lipinski definition) is 2. The predicted molar refractivity (Wildman–Crippen MR) is 63.2 cm³/mol. The van der Waals surface area contributed by atoms with E-state index in [0.29, 0.717) is 5.92 Å². The van der Waals surface area contributed by atoms with Gasteiger partial charge in [0.05, 0.1) is 0 Å². The van der Waals surface area contributed by atoms with Crippen molar-refractivity contribution in [1.29, 1.82) is 5.41 Å². The van der Waals surface area contributed by atoms with Gasteiger partial charge >= 0.3 is 0 Å². The summed E-state index contributed by atoms with van der Waals surface area (Å²) in [5.41, 5.74) is 6.52. The summed E-state index contributed by atoms with van der Waals surface area (Å²) in [6, 6.07) is 0. The van der Waals surface area contributed by atoms with Gasteiger partial charge in [0.2, 0.25) is 0 Å². The first-order chi connectivity index (χ1) is 6.09. The van der Waals surface area contributed by atoms with E-state index in [0.717, 1.165) is 16.7 Å². The molecule has 0 heterocycles. The minimum absolute atomic E-state index is 0.180. The maximum absolute atomic E-state index is 7.10. The van der Waals surface area contributed by atoms with Gasteiger partial charge in [-0.25, -0.2) is 0 Å². The second-order valence-electron chi connectivity index (χ2n) is 3.11. The Balaban J connectivity index is 2.52. The summed E-state index contributed by atoms with van der Waals surface area (Å²) in [6.07, 6.45) is 5.50. The van der Waals surface area contributed by atoms with E-state index in [1.165, 1.54) is 17.3 Å². The molecule has 0 fully saturated rings. The Hall–Kier alpha value is -0.220. The van der Waals surface area contributed by atoms with Crippen LogP contribution < -0.4 is 5.73 Å². The molecule has 1 aliphatic carbocycles. The Labute approximate surface area is 91.3 Å². The van der Waals surface area contributed by atoms with Crippen LogP contribution in [0.25, 0.3) is 0 Å². The molecule has 0 saturated heterocycles. The highest BCUT2D eigenvalue weighted by atomic mass is 79.9. The molecule has 0 saturated carbocycles. The van der Waals surface area contributed by atoms with E-state index in [9.17, 15) is 0 Å². The Kier molecular flexibility index (Phi) is 4.06. The maximum atomic E-state index is 7.10. The summed E-state index contributed by atoms with van der Waals surface area (Å²) in [7, 11) is 0. The molecular weight excluding hydrogens is 248 g/mol. The number of hydrogen-bond donors (Lipinski definition) is 2. The topological polar surface area (TPSA) is 49.9 Å². The van der Waals surface area contributed by atoms with E-state index < -0.39 is 0 Å². The standard InChI is InChI=1S/C9H13BrN2S/c1-6-2-3-7(8(10)4-6)5-13-9(11)12/h3-4,6H,2,5H2,1H3,(H3,11,12). The summed E-state index contributed by atoms with van der Waals surface area (Å²) in [6.45, 7) is 2.19. The van der Waals surface area contributed by atoms with Crippen LogP contribution in [0, 0.1) is 11.3 Å². The summed E-state index contributed by atoms with van der Waals surface area (Å²) in [5.74, 6) is 1.40. The van der Waals surface area contributed by atoms with Gasteiger partial charge in [-0.05, 0) is 17.9 Å². The molecule has 0 aromatic carbocycles.